The number of furan rings is 1. The molecule has 3 heterocycles. The zero-order chi connectivity index (χ0) is 20.5. The Bertz CT molecular complexity index is 752. The summed E-state index contributed by atoms with van der Waals surface area (Å²) in [4.78, 5) is 13.7. The third-order valence-corrected chi connectivity index (χ3v) is 5.20. The largest absolute Gasteiger partial charge is 0.468 e. The maximum atomic E-state index is 5.75. The summed E-state index contributed by atoms with van der Waals surface area (Å²) < 4.78 is 5.75. The van der Waals surface area contributed by atoms with E-state index >= 15 is 0 Å². The SMILES string of the molecule is CCNC(=NCc1ccnc(N(C)C)c1)NCC(c1ccco1)N1CCCCC1. The average Bonchev–Trinajstić information content (AvgIpc) is 3.27. The van der Waals surface area contributed by atoms with E-state index in [1.165, 1.54) is 19.3 Å². The zero-order valence-corrected chi connectivity index (χ0v) is 17.9. The van der Waals surface area contributed by atoms with E-state index in [1.807, 2.05) is 37.3 Å². The van der Waals surface area contributed by atoms with Gasteiger partial charge in [0.05, 0.1) is 18.8 Å². The van der Waals surface area contributed by atoms with Gasteiger partial charge in [-0.25, -0.2) is 9.98 Å². The minimum atomic E-state index is 0.218. The van der Waals surface area contributed by atoms with Crippen molar-refractivity contribution >= 4 is 11.8 Å². The van der Waals surface area contributed by atoms with Gasteiger partial charge in [-0.05, 0) is 62.7 Å². The normalized spacial score (nSPS) is 16.4. The molecule has 2 aromatic rings. The third kappa shape index (κ3) is 6.22. The Morgan fingerprint density at radius 1 is 1.24 bits per heavy atom. The summed E-state index contributed by atoms with van der Waals surface area (Å²) >= 11 is 0. The first kappa shape index (κ1) is 21.2. The van der Waals surface area contributed by atoms with Crippen molar-refractivity contribution in [2.75, 3.05) is 45.2 Å². The van der Waals surface area contributed by atoms with Crippen LogP contribution in [-0.2, 0) is 6.54 Å². The number of pyridine rings is 1. The molecule has 1 aliphatic rings. The van der Waals surface area contributed by atoms with Crippen molar-refractivity contribution in [1.29, 1.82) is 0 Å². The molecule has 1 fully saturated rings. The summed E-state index contributed by atoms with van der Waals surface area (Å²) in [5, 5.41) is 6.88. The van der Waals surface area contributed by atoms with Crippen LogP contribution in [0.5, 0.6) is 0 Å². The predicted molar refractivity (Wildman–Crippen MR) is 118 cm³/mol. The Labute approximate surface area is 174 Å². The van der Waals surface area contributed by atoms with Crippen molar-refractivity contribution in [3.8, 4) is 0 Å². The first-order valence-electron chi connectivity index (χ1n) is 10.6. The summed E-state index contributed by atoms with van der Waals surface area (Å²) in [6.45, 7) is 6.51. The second-order valence-corrected chi connectivity index (χ2v) is 7.62. The highest BCUT2D eigenvalue weighted by molar-refractivity contribution is 5.79. The second kappa shape index (κ2) is 10.9. The van der Waals surface area contributed by atoms with Gasteiger partial charge in [-0.2, -0.15) is 0 Å². The van der Waals surface area contributed by atoms with Crippen molar-refractivity contribution in [2.45, 2.75) is 38.8 Å². The number of aliphatic imine (C=N–C) groups is 1. The Morgan fingerprint density at radius 3 is 2.76 bits per heavy atom. The summed E-state index contributed by atoms with van der Waals surface area (Å²) in [5.41, 5.74) is 1.14. The number of piperidine rings is 1. The summed E-state index contributed by atoms with van der Waals surface area (Å²) in [7, 11) is 3.99. The van der Waals surface area contributed by atoms with Gasteiger partial charge in [-0.15, -0.1) is 0 Å². The molecule has 0 bridgehead atoms. The fourth-order valence-electron chi connectivity index (χ4n) is 3.63. The number of aromatic nitrogens is 1. The highest BCUT2D eigenvalue weighted by Gasteiger charge is 2.24. The van der Waals surface area contributed by atoms with Crippen molar-refractivity contribution in [2.24, 2.45) is 4.99 Å². The van der Waals surface area contributed by atoms with E-state index in [4.69, 9.17) is 9.41 Å². The van der Waals surface area contributed by atoms with Crippen LogP contribution in [0.3, 0.4) is 0 Å². The molecule has 0 amide bonds. The standard InChI is InChI=1S/C22H34N6O/c1-4-23-22(25-16-18-10-11-24-21(15-18)27(2)3)26-17-19(20-9-8-14-29-20)28-12-6-5-7-13-28/h8-11,14-15,19H,4-7,12-13,16-17H2,1-3H3,(H2,23,25,26). The third-order valence-electron chi connectivity index (χ3n) is 5.20. The molecule has 1 atom stereocenters. The molecule has 0 aliphatic carbocycles. The number of nitrogens with one attached hydrogen (secondary N) is 2. The second-order valence-electron chi connectivity index (χ2n) is 7.62. The van der Waals surface area contributed by atoms with Gasteiger partial charge >= 0.3 is 0 Å². The van der Waals surface area contributed by atoms with Crippen molar-refractivity contribution in [1.82, 2.24) is 20.5 Å². The maximum absolute atomic E-state index is 5.75. The molecule has 0 radical (unpaired) electrons. The van der Waals surface area contributed by atoms with Gasteiger partial charge in [0, 0.05) is 33.4 Å². The number of rotatable bonds is 8. The van der Waals surface area contributed by atoms with Crippen LogP contribution in [0.25, 0.3) is 0 Å². The first-order valence-corrected chi connectivity index (χ1v) is 10.6. The van der Waals surface area contributed by atoms with Crippen LogP contribution in [0.4, 0.5) is 5.82 Å². The first-order chi connectivity index (χ1) is 14.2. The number of nitrogens with zero attached hydrogens (tertiary/aromatic N) is 4. The van der Waals surface area contributed by atoms with Crippen LogP contribution >= 0.6 is 0 Å². The molecule has 1 saturated heterocycles. The quantitative estimate of drug-likeness (QED) is 0.526. The summed E-state index contributed by atoms with van der Waals surface area (Å²) in [6, 6.07) is 8.35. The van der Waals surface area contributed by atoms with Crippen LogP contribution in [-0.4, -0.2) is 56.1 Å². The molecule has 0 spiro atoms. The van der Waals surface area contributed by atoms with Crippen molar-refractivity contribution in [3.63, 3.8) is 0 Å². The van der Waals surface area contributed by atoms with E-state index in [1.54, 1.807) is 6.26 Å². The smallest absolute Gasteiger partial charge is 0.191 e. The van der Waals surface area contributed by atoms with Gasteiger partial charge in [0.15, 0.2) is 5.96 Å². The highest BCUT2D eigenvalue weighted by atomic mass is 16.3. The molecule has 2 N–H and O–H groups in total. The van der Waals surface area contributed by atoms with Gasteiger partial charge in [0.25, 0.3) is 0 Å². The Kier molecular flexibility index (Phi) is 7.93. The Balaban J connectivity index is 1.66. The number of anilines is 1. The molecule has 29 heavy (non-hydrogen) atoms. The van der Waals surface area contributed by atoms with Crippen LogP contribution in [0.15, 0.2) is 46.1 Å². The lowest BCUT2D eigenvalue weighted by Gasteiger charge is -2.33. The highest BCUT2D eigenvalue weighted by Crippen LogP contribution is 2.24. The van der Waals surface area contributed by atoms with Crippen LogP contribution in [0.2, 0.25) is 0 Å². The molecule has 1 aliphatic heterocycles. The number of hydrogen-bond acceptors (Lipinski definition) is 5. The fourth-order valence-corrected chi connectivity index (χ4v) is 3.63. The van der Waals surface area contributed by atoms with Gasteiger partial charge in [-0.3, -0.25) is 4.90 Å². The van der Waals surface area contributed by atoms with Gasteiger partial charge in [-0.1, -0.05) is 6.42 Å². The van der Waals surface area contributed by atoms with E-state index in [-0.39, 0.29) is 6.04 Å². The number of hydrogen-bond donors (Lipinski definition) is 2. The minimum Gasteiger partial charge on any atom is -0.468 e. The van der Waals surface area contributed by atoms with Crippen LogP contribution in [0.1, 0.15) is 43.6 Å². The van der Waals surface area contributed by atoms with Crippen LogP contribution < -0.4 is 15.5 Å². The van der Waals surface area contributed by atoms with E-state index in [2.05, 4.69) is 39.6 Å². The summed E-state index contributed by atoms with van der Waals surface area (Å²) in [6.07, 6.45) is 7.42. The molecule has 7 heteroatoms. The molecule has 7 nitrogen and oxygen atoms in total. The number of guanidine groups is 1. The van der Waals surface area contributed by atoms with E-state index in [0.717, 1.165) is 49.3 Å². The topological polar surface area (TPSA) is 68.9 Å². The maximum Gasteiger partial charge on any atom is 0.191 e. The molecule has 158 valence electrons. The Hall–Kier alpha value is -2.54. The van der Waals surface area contributed by atoms with Crippen LogP contribution in [0, 0.1) is 0 Å². The summed E-state index contributed by atoms with van der Waals surface area (Å²) in [5.74, 6) is 2.78. The van der Waals surface area contributed by atoms with Crippen molar-refractivity contribution < 1.29 is 4.42 Å². The lowest BCUT2D eigenvalue weighted by Crippen LogP contribution is -2.44. The van der Waals surface area contributed by atoms with Crippen molar-refractivity contribution in [3.05, 3.63) is 48.0 Å². The molecule has 0 saturated carbocycles. The minimum absolute atomic E-state index is 0.218. The lowest BCUT2D eigenvalue weighted by atomic mass is 10.1. The monoisotopic (exact) mass is 398 g/mol. The molecular weight excluding hydrogens is 364 g/mol. The molecular formula is C22H34N6O. The van der Waals surface area contributed by atoms with E-state index in [9.17, 15) is 0 Å². The molecule has 2 aromatic heterocycles. The lowest BCUT2D eigenvalue weighted by molar-refractivity contribution is 0.146. The molecule has 3 rings (SSSR count). The van der Waals surface area contributed by atoms with Gasteiger partial charge in [0.2, 0.25) is 0 Å². The molecule has 0 aromatic carbocycles. The van der Waals surface area contributed by atoms with Gasteiger partial charge in [0.1, 0.15) is 11.6 Å². The van der Waals surface area contributed by atoms with E-state index < -0.39 is 0 Å². The fraction of sp³-hybridized carbons (Fsp3) is 0.545. The molecule has 1 unspecified atom stereocenters. The zero-order valence-electron chi connectivity index (χ0n) is 17.9. The average molecular weight is 399 g/mol. The Morgan fingerprint density at radius 2 is 2.07 bits per heavy atom. The van der Waals surface area contributed by atoms with Gasteiger partial charge < -0.3 is 20.0 Å². The number of likely N-dealkylation sites (tertiary alicyclic amines) is 1. The van der Waals surface area contributed by atoms with E-state index in [0.29, 0.717) is 6.54 Å². The predicted octanol–water partition coefficient (Wildman–Crippen LogP) is 3.02.